The predicted octanol–water partition coefficient (Wildman–Crippen LogP) is 6.84. The third-order valence-electron chi connectivity index (χ3n) is 3.70. The molecule has 0 amide bonds. The summed E-state index contributed by atoms with van der Waals surface area (Å²) in [7, 11) is 0. The van der Waals surface area contributed by atoms with E-state index in [-0.39, 0.29) is 0 Å². The maximum Gasteiger partial charge on any atom is 0.124 e. The lowest BCUT2D eigenvalue weighted by atomic mass is 10.2. The van der Waals surface area contributed by atoms with Crippen LogP contribution in [0.1, 0.15) is 11.1 Å². The first-order valence-electron chi connectivity index (χ1n) is 7.76. The van der Waals surface area contributed by atoms with Crippen LogP contribution in [-0.2, 0) is 13.2 Å². The van der Waals surface area contributed by atoms with Gasteiger partial charge in [0.25, 0.3) is 0 Å². The Bertz CT molecular complexity index is 830. The second kappa shape index (κ2) is 8.48. The fourth-order valence-electron chi connectivity index (χ4n) is 2.38. The van der Waals surface area contributed by atoms with Gasteiger partial charge in [-0.25, -0.2) is 0 Å². The molecule has 0 saturated heterocycles. The van der Waals surface area contributed by atoms with Crippen LogP contribution in [0.15, 0.2) is 66.7 Å². The molecule has 0 aromatic heterocycles. The first-order chi connectivity index (χ1) is 12.1. The van der Waals surface area contributed by atoms with E-state index in [9.17, 15) is 0 Å². The Morgan fingerprint density at radius 1 is 0.760 bits per heavy atom. The van der Waals surface area contributed by atoms with Crippen molar-refractivity contribution >= 4 is 40.5 Å². The van der Waals surface area contributed by atoms with Gasteiger partial charge in [-0.1, -0.05) is 71.2 Å². The summed E-state index contributed by atoms with van der Waals surface area (Å²) in [6, 6.07) is 20.9. The number of rotatable bonds is 6. The van der Waals surface area contributed by atoms with E-state index in [1.54, 1.807) is 12.1 Å². The average Bonchev–Trinajstić information content (AvgIpc) is 2.62. The average molecular weight is 393 g/mol. The van der Waals surface area contributed by atoms with Crippen LogP contribution in [0.2, 0.25) is 15.1 Å². The van der Waals surface area contributed by atoms with Gasteiger partial charge >= 0.3 is 0 Å². The lowest BCUT2D eigenvalue weighted by Gasteiger charge is -2.14. The Balaban J connectivity index is 1.69. The van der Waals surface area contributed by atoms with Crippen molar-refractivity contribution in [3.05, 3.63) is 92.9 Å². The van der Waals surface area contributed by atoms with E-state index in [1.165, 1.54) is 0 Å². The fourth-order valence-corrected chi connectivity index (χ4v) is 3.04. The summed E-state index contributed by atoms with van der Waals surface area (Å²) in [5.41, 5.74) is 2.80. The third-order valence-corrected chi connectivity index (χ3v) is 4.58. The molecule has 1 N–H and O–H groups in total. The molecule has 0 unspecified atom stereocenters. The molecule has 0 aliphatic rings. The van der Waals surface area contributed by atoms with Crippen molar-refractivity contribution in [2.45, 2.75) is 13.2 Å². The molecule has 0 aliphatic heterocycles. The number of ether oxygens (including phenoxy) is 1. The van der Waals surface area contributed by atoms with Crippen molar-refractivity contribution in [2.24, 2.45) is 0 Å². The first-order valence-corrected chi connectivity index (χ1v) is 8.90. The molecule has 0 atom stereocenters. The van der Waals surface area contributed by atoms with E-state index >= 15 is 0 Å². The van der Waals surface area contributed by atoms with Gasteiger partial charge in [0.05, 0.1) is 15.7 Å². The zero-order valence-electron chi connectivity index (χ0n) is 13.3. The van der Waals surface area contributed by atoms with E-state index in [4.69, 9.17) is 39.5 Å². The van der Waals surface area contributed by atoms with Gasteiger partial charge in [-0.2, -0.15) is 0 Å². The highest BCUT2D eigenvalue weighted by molar-refractivity contribution is 6.39. The van der Waals surface area contributed by atoms with Crippen LogP contribution < -0.4 is 10.1 Å². The molecule has 2 nitrogen and oxygen atoms in total. The lowest BCUT2D eigenvalue weighted by Crippen LogP contribution is -2.04. The molecular formula is C20H16Cl3NO. The number of hydrogen-bond acceptors (Lipinski definition) is 2. The van der Waals surface area contributed by atoms with Gasteiger partial charge in [0.2, 0.25) is 0 Å². The molecule has 128 valence electrons. The maximum absolute atomic E-state index is 6.20. The Morgan fingerprint density at radius 2 is 1.44 bits per heavy atom. The summed E-state index contributed by atoms with van der Waals surface area (Å²) in [6.45, 7) is 1.03. The minimum Gasteiger partial charge on any atom is -0.489 e. The minimum absolute atomic E-state index is 0.473. The van der Waals surface area contributed by atoms with E-state index in [2.05, 4.69) is 5.32 Å². The van der Waals surface area contributed by atoms with Gasteiger partial charge < -0.3 is 10.1 Å². The second-order valence-electron chi connectivity index (χ2n) is 5.47. The summed E-state index contributed by atoms with van der Waals surface area (Å²) < 4.78 is 5.96. The summed E-state index contributed by atoms with van der Waals surface area (Å²) >= 11 is 18.3. The molecule has 25 heavy (non-hydrogen) atoms. The van der Waals surface area contributed by atoms with Gasteiger partial charge in [-0.05, 0) is 35.9 Å². The van der Waals surface area contributed by atoms with Gasteiger partial charge in [0, 0.05) is 17.1 Å². The molecule has 3 aromatic carbocycles. The van der Waals surface area contributed by atoms with E-state index < -0.39 is 0 Å². The van der Waals surface area contributed by atoms with Crippen LogP contribution in [0.3, 0.4) is 0 Å². The zero-order chi connectivity index (χ0) is 17.6. The maximum atomic E-state index is 6.20. The minimum atomic E-state index is 0.473. The Hall–Kier alpha value is -1.87. The van der Waals surface area contributed by atoms with Gasteiger partial charge in [-0.3, -0.25) is 0 Å². The van der Waals surface area contributed by atoms with Crippen molar-refractivity contribution in [2.75, 3.05) is 5.32 Å². The van der Waals surface area contributed by atoms with Crippen molar-refractivity contribution in [1.29, 1.82) is 0 Å². The lowest BCUT2D eigenvalue weighted by molar-refractivity contribution is 0.303. The molecule has 0 fully saturated rings. The smallest absolute Gasteiger partial charge is 0.124 e. The quantitative estimate of drug-likeness (QED) is 0.496. The van der Waals surface area contributed by atoms with E-state index in [0.717, 1.165) is 22.6 Å². The van der Waals surface area contributed by atoms with Crippen LogP contribution in [0.25, 0.3) is 0 Å². The molecule has 3 aromatic rings. The molecule has 0 radical (unpaired) electrons. The topological polar surface area (TPSA) is 21.3 Å². The molecule has 5 heteroatoms. The Labute approximate surface area is 162 Å². The third kappa shape index (κ3) is 4.82. The molecule has 3 rings (SSSR count). The Kier molecular flexibility index (Phi) is 6.09. The number of anilines is 1. The molecular weight excluding hydrogens is 377 g/mol. The monoisotopic (exact) mass is 391 g/mol. The van der Waals surface area contributed by atoms with Crippen LogP contribution >= 0.6 is 34.8 Å². The molecule has 0 saturated carbocycles. The standard InChI is InChI=1S/C20H16Cl3NO/c21-16-10-8-14(9-11-16)13-25-19-7-2-1-4-15(19)12-24-20-17(22)5-3-6-18(20)23/h1-11,24H,12-13H2. The predicted molar refractivity (Wildman–Crippen MR) is 106 cm³/mol. The van der Waals surface area contributed by atoms with Crippen molar-refractivity contribution in [3.8, 4) is 5.75 Å². The highest BCUT2D eigenvalue weighted by Crippen LogP contribution is 2.31. The van der Waals surface area contributed by atoms with E-state index in [0.29, 0.717) is 28.2 Å². The summed E-state index contributed by atoms with van der Waals surface area (Å²) in [6.07, 6.45) is 0. The number of nitrogens with one attached hydrogen (secondary N) is 1. The zero-order valence-corrected chi connectivity index (χ0v) is 15.6. The van der Waals surface area contributed by atoms with Gasteiger partial charge in [-0.15, -0.1) is 0 Å². The summed E-state index contributed by atoms with van der Waals surface area (Å²) in [4.78, 5) is 0. The fraction of sp³-hybridized carbons (Fsp3) is 0.100. The number of halogens is 3. The molecule has 0 heterocycles. The highest BCUT2D eigenvalue weighted by atomic mass is 35.5. The number of para-hydroxylation sites is 2. The van der Waals surface area contributed by atoms with Crippen LogP contribution in [0.4, 0.5) is 5.69 Å². The van der Waals surface area contributed by atoms with Gasteiger partial charge in [0.15, 0.2) is 0 Å². The molecule has 0 aliphatic carbocycles. The summed E-state index contributed by atoms with van der Waals surface area (Å²) in [5.74, 6) is 0.813. The van der Waals surface area contributed by atoms with Crippen LogP contribution in [-0.4, -0.2) is 0 Å². The van der Waals surface area contributed by atoms with Crippen LogP contribution in [0.5, 0.6) is 5.75 Å². The van der Waals surface area contributed by atoms with Gasteiger partial charge in [0.1, 0.15) is 12.4 Å². The van der Waals surface area contributed by atoms with Crippen LogP contribution in [0, 0.1) is 0 Å². The van der Waals surface area contributed by atoms with E-state index in [1.807, 2.05) is 54.6 Å². The summed E-state index contributed by atoms with van der Waals surface area (Å²) in [5, 5.41) is 5.17. The largest absolute Gasteiger partial charge is 0.489 e. The highest BCUT2D eigenvalue weighted by Gasteiger charge is 2.08. The normalized spacial score (nSPS) is 10.5. The number of benzene rings is 3. The number of hydrogen-bond donors (Lipinski definition) is 1. The Morgan fingerprint density at radius 3 is 2.16 bits per heavy atom. The molecule has 0 spiro atoms. The second-order valence-corrected chi connectivity index (χ2v) is 6.72. The van der Waals surface area contributed by atoms with Crippen molar-refractivity contribution in [3.63, 3.8) is 0 Å². The SMILES string of the molecule is Clc1ccc(COc2ccccc2CNc2c(Cl)cccc2Cl)cc1. The molecule has 0 bridgehead atoms. The van der Waals surface area contributed by atoms with Crippen molar-refractivity contribution < 1.29 is 4.74 Å². The first kappa shape index (κ1) is 17.9. The van der Waals surface area contributed by atoms with Crippen molar-refractivity contribution in [1.82, 2.24) is 0 Å².